The number of carbonyl (C=O) groups is 1. The topological polar surface area (TPSA) is 108 Å². The number of rotatable bonds is 50. The van der Waals surface area contributed by atoms with Crippen LogP contribution >= 0.6 is 7.82 Å². The average Bonchev–Trinajstić information content (AvgIpc) is 3.26. The minimum atomic E-state index is -4.57. The highest BCUT2D eigenvalue weighted by molar-refractivity contribution is 7.45. The lowest BCUT2D eigenvalue weighted by Crippen LogP contribution is -2.45. The van der Waals surface area contributed by atoms with Crippen molar-refractivity contribution in [2.24, 2.45) is 0 Å². The van der Waals surface area contributed by atoms with Crippen LogP contribution in [0.2, 0.25) is 0 Å². The first kappa shape index (κ1) is 63.5. The van der Waals surface area contributed by atoms with Crippen LogP contribution in [-0.4, -0.2) is 68.5 Å². The van der Waals surface area contributed by atoms with E-state index in [1.807, 2.05) is 27.2 Å². The SMILES string of the molecule is CCCC/C=C/C(O)C(COP(=O)([O-])OCC[N+](C)(C)C)NC(=O)CCCCCCCCCCCCCCCCCCCCCCCCCC/C=C\C/C=C\C/C=C\CCCCCCC. The van der Waals surface area contributed by atoms with Crippen molar-refractivity contribution in [1.29, 1.82) is 0 Å². The predicted molar refractivity (Wildman–Crippen MR) is 279 cm³/mol. The van der Waals surface area contributed by atoms with E-state index in [4.69, 9.17) is 9.05 Å². The van der Waals surface area contributed by atoms with Gasteiger partial charge >= 0.3 is 0 Å². The summed E-state index contributed by atoms with van der Waals surface area (Å²) in [6, 6.07) is -0.880. The first-order valence-electron chi connectivity index (χ1n) is 27.5. The van der Waals surface area contributed by atoms with Crippen molar-refractivity contribution in [1.82, 2.24) is 5.32 Å². The summed E-state index contributed by atoms with van der Waals surface area (Å²) in [5.41, 5.74) is 0. The van der Waals surface area contributed by atoms with Gasteiger partial charge in [-0.15, -0.1) is 0 Å². The second kappa shape index (κ2) is 47.5. The van der Waals surface area contributed by atoms with Gasteiger partial charge in [0.25, 0.3) is 7.82 Å². The summed E-state index contributed by atoms with van der Waals surface area (Å²) >= 11 is 0. The molecule has 0 aromatic rings. The van der Waals surface area contributed by atoms with E-state index in [0.29, 0.717) is 17.4 Å². The molecule has 0 aromatic carbocycles. The number of aliphatic hydroxyl groups is 1. The van der Waals surface area contributed by atoms with E-state index in [-0.39, 0.29) is 19.1 Å². The summed E-state index contributed by atoms with van der Waals surface area (Å²) in [5, 5.41) is 13.5. The Morgan fingerprint density at radius 3 is 1.32 bits per heavy atom. The van der Waals surface area contributed by atoms with Crippen LogP contribution in [0.25, 0.3) is 0 Å². The first-order chi connectivity index (χ1) is 31.5. The van der Waals surface area contributed by atoms with Crippen molar-refractivity contribution in [2.75, 3.05) is 40.9 Å². The van der Waals surface area contributed by atoms with Gasteiger partial charge in [-0.25, -0.2) is 0 Å². The standard InChI is InChI=1S/C56H107N2O6P/c1-6-8-10-12-13-14-15-16-17-18-19-20-21-22-23-24-25-26-27-28-29-30-31-32-33-34-35-36-37-38-39-40-41-42-43-44-45-46-48-50-56(60)57-54(55(59)49-47-11-9-7-2)53-64-65(61,62)63-52-51-58(3,4)5/h15-16,18-19,21-22,47,49,54-55,59H,6-14,17,20,23-46,48,50-53H2,1-5H3,(H-,57,60,61,62)/b16-15-,19-18-,22-21-,49-47+. The molecule has 0 aliphatic carbocycles. The second-order valence-corrected chi connectivity index (χ2v) is 21.3. The molecule has 0 spiro atoms. The number of nitrogens with zero attached hydrogens (tertiary/aromatic N) is 1. The van der Waals surface area contributed by atoms with Gasteiger partial charge in [0.1, 0.15) is 13.2 Å². The smallest absolute Gasteiger partial charge is 0.268 e. The van der Waals surface area contributed by atoms with Gasteiger partial charge in [0.05, 0.1) is 39.9 Å². The Kier molecular flexibility index (Phi) is 46.4. The molecular formula is C56H107N2O6P. The van der Waals surface area contributed by atoms with Gasteiger partial charge < -0.3 is 28.8 Å². The number of aliphatic hydroxyl groups excluding tert-OH is 1. The molecule has 1 amide bonds. The average molecular weight is 935 g/mol. The lowest BCUT2D eigenvalue weighted by Gasteiger charge is -2.29. The summed E-state index contributed by atoms with van der Waals surface area (Å²) in [6.07, 6.45) is 62.9. The monoisotopic (exact) mass is 935 g/mol. The zero-order valence-corrected chi connectivity index (χ0v) is 44.3. The number of quaternary nitrogens is 1. The number of unbranched alkanes of at least 4 members (excludes halogenated alkanes) is 31. The van der Waals surface area contributed by atoms with Crippen molar-refractivity contribution in [3.8, 4) is 0 Å². The van der Waals surface area contributed by atoms with Gasteiger partial charge in [-0.1, -0.05) is 242 Å². The van der Waals surface area contributed by atoms with E-state index >= 15 is 0 Å². The third kappa shape index (κ3) is 50.2. The zero-order valence-electron chi connectivity index (χ0n) is 43.4. The van der Waals surface area contributed by atoms with E-state index in [1.54, 1.807) is 6.08 Å². The minimum Gasteiger partial charge on any atom is -0.756 e. The molecule has 382 valence electrons. The lowest BCUT2D eigenvalue weighted by molar-refractivity contribution is -0.870. The van der Waals surface area contributed by atoms with Gasteiger partial charge in [-0.3, -0.25) is 9.36 Å². The molecule has 0 aliphatic rings. The van der Waals surface area contributed by atoms with Gasteiger partial charge in [0.15, 0.2) is 0 Å². The maximum atomic E-state index is 12.7. The number of hydrogen-bond donors (Lipinski definition) is 2. The van der Waals surface area contributed by atoms with E-state index in [2.05, 4.69) is 55.6 Å². The number of phosphoric acid groups is 1. The van der Waals surface area contributed by atoms with Crippen molar-refractivity contribution in [3.63, 3.8) is 0 Å². The molecular weight excluding hydrogens is 828 g/mol. The zero-order chi connectivity index (χ0) is 47.8. The summed E-state index contributed by atoms with van der Waals surface area (Å²) in [5.74, 6) is -0.204. The Morgan fingerprint density at radius 2 is 0.908 bits per heavy atom. The van der Waals surface area contributed by atoms with Gasteiger partial charge in [-0.05, 0) is 51.4 Å². The van der Waals surface area contributed by atoms with Crippen LogP contribution in [0.5, 0.6) is 0 Å². The Hall–Kier alpha value is -1.54. The molecule has 0 bridgehead atoms. The summed E-state index contributed by atoms with van der Waals surface area (Å²) in [7, 11) is 1.26. The molecule has 65 heavy (non-hydrogen) atoms. The molecule has 0 aliphatic heterocycles. The van der Waals surface area contributed by atoms with Crippen molar-refractivity contribution in [2.45, 2.75) is 264 Å². The van der Waals surface area contributed by atoms with Crippen LogP contribution in [0.3, 0.4) is 0 Å². The predicted octanol–water partition coefficient (Wildman–Crippen LogP) is 15.7. The number of carbonyl (C=O) groups excluding carboxylic acids is 1. The third-order valence-corrected chi connectivity index (χ3v) is 13.2. The molecule has 0 aromatic heterocycles. The molecule has 3 atom stereocenters. The highest BCUT2D eigenvalue weighted by Gasteiger charge is 2.23. The van der Waals surface area contributed by atoms with Crippen molar-refractivity contribution >= 4 is 13.7 Å². The van der Waals surface area contributed by atoms with Crippen LogP contribution < -0.4 is 10.2 Å². The second-order valence-electron chi connectivity index (χ2n) is 19.9. The molecule has 2 N–H and O–H groups in total. The number of phosphoric ester groups is 1. The third-order valence-electron chi connectivity index (χ3n) is 12.3. The van der Waals surface area contributed by atoms with Gasteiger partial charge in [-0.2, -0.15) is 0 Å². The molecule has 9 heteroatoms. The molecule has 0 saturated heterocycles. The molecule has 0 heterocycles. The van der Waals surface area contributed by atoms with Crippen LogP contribution in [0, 0.1) is 0 Å². The highest BCUT2D eigenvalue weighted by Crippen LogP contribution is 2.38. The maximum Gasteiger partial charge on any atom is 0.268 e. The number of nitrogens with one attached hydrogen (secondary N) is 1. The quantitative estimate of drug-likeness (QED) is 0.0272. The summed E-state index contributed by atoms with van der Waals surface area (Å²) in [4.78, 5) is 25.1. The largest absolute Gasteiger partial charge is 0.756 e. The molecule has 0 radical (unpaired) electrons. The van der Waals surface area contributed by atoms with E-state index < -0.39 is 20.0 Å². The lowest BCUT2D eigenvalue weighted by atomic mass is 10.0. The number of hydrogen-bond acceptors (Lipinski definition) is 6. The van der Waals surface area contributed by atoms with Gasteiger partial charge in [0.2, 0.25) is 5.91 Å². The van der Waals surface area contributed by atoms with E-state index in [0.717, 1.165) is 51.4 Å². The van der Waals surface area contributed by atoms with Crippen LogP contribution in [0.4, 0.5) is 0 Å². The van der Waals surface area contributed by atoms with Crippen molar-refractivity contribution < 1.29 is 32.9 Å². The fourth-order valence-corrected chi connectivity index (χ4v) is 8.63. The number of amides is 1. The minimum absolute atomic E-state index is 0.00149. The number of likely N-dealkylation sites (N-methyl/N-ethyl adjacent to an activating group) is 1. The van der Waals surface area contributed by atoms with E-state index in [1.165, 1.54) is 180 Å². The van der Waals surface area contributed by atoms with E-state index in [9.17, 15) is 19.4 Å². The Labute approximate surface area is 403 Å². The number of allylic oxidation sites excluding steroid dienone is 7. The molecule has 0 saturated carbocycles. The molecule has 8 nitrogen and oxygen atoms in total. The van der Waals surface area contributed by atoms with Crippen molar-refractivity contribution in [3.05, 3.63) is 48.6 Å². The maximum absolute atomic E-state index is 12.7. The Balaban J connectivity index is 3.66. The highest BCUT2D eigenvalue weighted by atomic mass is 31.2. The fraction of sp³-hybridized carbons (Fsp3) is 0.839. The Bertz CT molecular complexity index is 1200. The molecule has 3 unspecified atom stereocenters. The normalized spacial score (nSPS) is 14.4. The van der Waals surface area contributed by atoms with Crippen LogP contribution in [-0.2, 0) is 18.4 Å². The first-order valence-corrected chi connectivity index (χ1v) is 29.0. The summed E-state index contributed by atoms with van der Waals surface area (Å²) in [6.45, 7) is 4.48. The van der Waals surface area contributed by atoms with Gasteiger partial charge in [0, 0.05) is 6.42 Å². The summed E-state index contributed by atoms with van der Waals surface area (Å²) < 4.78 is 23.0. The van der Waals surface area contributed by atoms with Crippen LogP contribution in [0.15, 0.2) is 48.6 Å². The Morgan fingerprint density at radius 1 is 0.538 bits per heavy atom. The molecule has 0 fully saturated rings. The fourth-order valence-electron chi connectivity index (χ4n) is 7.91. The van der Waals surface area contributed by atoms with Crippen LogP contribution in [0.1, 0.15) is 251 Å². The molecule has 0 rings (SSSR count).